The zero-order valence-electron chi connectivity index (χ0n) is 14.0. The highest BCUT2D eigenvalue weighted by Crippen LogP contribution is 2.35. The van der Waals surface area contributed by atoms with Gasteiger partial charge in [-0.15, -0.1) is 0 Å². The van der Waals surface area contributed by atoms with Crippen LogP contribution in [0.15, 0.2) is 4.47 Å². The largest absolute Gasteiger partial charge is 0.316 e. The fraction of sp³-hybridized carbons (Fsp3) is 0.824. The number of aryl methyl sites for hydroxylation is 2. The Bertz CT molecular complexity index is 453. The second kappa shape index (κ2) is 7.77. The highest BCUT2D eigenvalue weighted by atomic mass is 79.9. The Morgan fingerprint density at radius 1 is 1.33 bits per heavy atom. The van der Waals surface area contributed by atoms with Gasteiger partial charge in [0.2, 0.25) is 0 Å². The van der Waals surface area contributed by atoms with Gasteiger partial charge < -0.3 is 5.32 Å². The quantitative estimate of drug-likeness (QED) is 0.802. The van der Waals surface area contributed by atoms with E-state index in [1.54, 1.807) is 0 Å². The van der Waals surface area contributed by atoms with Crippen molar-refractivity contribution in [1.82, 2.24) is 15.1 Å². The predicted octanol–water partition coefficient (Wildman–Crippen LogP) is 3.95. The maximum atomic E-state index is 4.64. The van der Waals surface area contributed by atoms with Crippen molar-refractivity contribution in [2.75, 3.05) is 13.1 Å². The molecular formula is C17H30BrN3. The van der Waals surface area contributed by atoms with Crippen molar-refractivity contribution in [3.63, 3.8) is 0 Å². The number of aromatic nitrogens is 2. The molecule has 1 saturated carbocycles. The Labute approximate surface area is 138 Å². The molecule has 21 heavy (non-hydrogen) atoms. The van der Waals surface area contributed by atoms with Crippen LogP contribution in [-0.4, -0.2) is 22.9 Å². The first-order valence-electron chi connectivity index (χ1n) is 8.43. The van der Waals surface area contributed by atoms with Crippen LogP contribution in [-0.2, 0) is 19.9 Å². The van der Waals surface area contributed by atoms with Crippen LogP contribution in [0.2, 0.25) is 0 Å². The molecule has 3 nitrogen and oxygen atoms in total. The van der Waals surface area contributed by atoms with Gasteiger partial charge in [-0.25, -0.2) is 0 Å². The first-order chi connectivity index (χ1) is 10.0. The van der Waals surface area contributed by atoms with Crippen molar-refractivity contribution in [3.05, 3.63) is 15.9 Å². The minimum absolute atomic E-state index is 0.739. The van der Waals surface area contributed by atoms with Gasteiger partial charge in [0, 0.05) is 7.05 Å². The summed E-state index contributed by atoms with van der Waals surface area (Å²) in [4.78, 5) is 0. The molecular weight excluding hydrogens is 326 g/mol. The minimum Gasteiger partial charge on any atom is -0.316 e. The zero-order valence-corrected chi connectivity index (χ0v) is 15.5. The van der Waals surface area contributed by atoms with Crippen LogP contribution in [0, 0.1) is 17.8 Å². The topological polar surface area (TPSA) is 29.9 Å². The van der Waals surface area contributed by atoms with Gasteiger partial charge in [-0.2, -0.15) is 5.10 Å². The van der Waals surface area contributed by atoms with E-state index in [-0.39, 0.29) is 0 Å². The van der Waals surface area contributed by atoms with E-state index in [9.17, 15) is 0 Å². The molecule has 0 aliphatic heterocycles. The van der Waals surface area contributed by atoms with Crippen molar-refractivity contribution in [1.29, 1.82) is 0 Å². The summed E-state index contributed by atoms with van der Waals surface area (Å²) in [5, 5.41) is 8.29. The van der Waals surface area contributed by atoms with E-state index in [0.29, 0.717) is 0 Å². The Hall–Kier alpha value is -0.350. The maximum absolute atomic E-state index is 4.64. The molecule has 1 aromatic rings. The molecule has 1 fully saturated rings. The van der Waals surface area contributed by atoms with Crippen molar-refractivity contribution in [2.45, 2.75) is 52.9 Å². The summed E-state index contributed by atoms with van der Waals surface area (Å²) in [7, 11) is 2.08. The molecule has 0 saturated heterocycles. The molecule has 0 aromatic carbocycles. The fourth-order valence-corrected chi connectivity index (χ4v) is 4.28. The number of hydrogen-bond donors (Lipinski definition) is 1. The molecule has 0 bridgehead atoms. The van der Waals surface area contributed by atoms with Gasteiger partial charge in [-0.3, -0.25) is 4.68 Å². The van der Waals surface area contributed by atoms with E-state index in [4.69, 9.17) is 0 Å². The third kappa shape index (κ3) is 4.32. The van der Waals surface area contributed by atoms with E-state index in [0.717, 1.165) is 37.1 Å². The predicted molar refractivity (Wildman–Crippen MR) is 92.5 cm³/mol. The lowest BCUT2D eigenvalue weighted by Crippen LogP contribution is -2.29. The first-order valence-corrected chi connectivity index (χ1v) is 9.23. The molecule has 0 spiro atoms. The van der Waals surface area contributed by atoms with Gasteiger partial charge in [0.15, 0.2) is 0 Å². The summed E-state index contributed by atoms with van der Waals surface area (Å²) in [6, 6.07) is 0. The average Bonchev–Trinajstić information content (AvgIpc) is 2.98. The van der Waals surface area contributed by atoms with Crippen LogP contribution in [0.3, 0.4) is 0 Å². The molecule has 0 radical (unpaired) electrons. The van der Waals surface area contributed by atoms with Crippen molar-refractivity contribution >= 4 is 15.9 Å². The molecule has 1 aliphatic rings. The summed E-state index contributed by atoms with van der Waals surface area (Å²) in [6.07, 6.45) is 6.30. The molecule has 1 N–H and O–H groups in total. The summed E-state index contributed by atoms with van der Waals surface area (Å²) < 4.78 is 3.33. The molecule has 1 aromatic heterocycles. The first kappa shape index (κ1) is 17.0. The van der Waals surface area contributed by atoms with Crippen molar-refractivity contribution in [3.8, 4) is 0 Å². The molecule has 1 aliphatic carbocycles. The molecule has 2 unspecified atom stereocenters. The average molecular weight is 356 g/mol. The molecule has 120 valence electrons. The number of nitrogens with one attached hydrogen (secondary N) is 1. The second-order valence-electron chi connectivity index (χ2n) is 6.89. The van der Waals surface area contributed by atoms with Crippen LogP contribution >= 0.6 is 15.9 Å². The Balaban J connectivity index is 1.96. The van der Waals surface area contributed by atoms with Crippen molar-refractivity contribution in [2.24, 2.45) is 24.8 Å². The van der Waals surface area contributed by atoms with E-state index in [2.05, 4.69) is 58.8 Å². The Morgan fingerprint density at radius 3 is 2.67 bits per heavy atom. The Morgan fingerprint density at radius 2 is 2.05 bits per heavy atom. The normalized spacial score (nSPS) is 22.4. The summed E-state index contributed by atoms with van der Waals surface area (Å²) >= 11 is 3.76. The van der Waals surface area contributed by atoms with Crippen LogP contribution < -0.4 is 5.32 Å². The standard InChI is InChI=1S/C17H30BrN3/c1-5-15-17(18)16(21(4)20-15)9-13-7-6-8-14(13)11-19-10-12(2)3/h12-14,19H,5-11H2,1-4H3. The fourth-order valence-electron chi connectivity index (χ4n) is 3.50. The highest BCUT2D eigenvalue weighted by Gasteiger charge is 2.29. The van der Waals surface area contributed by atoms with Crippen LogP contribution in [0.4, 0.5) is 0 Å². The lowest BCUT2D eigenvalue weighted by Gasteiger charge is -2.21. The van der Waals surface area contributed by atoms with Crippen LogP contribution in [0.1, 0.15) is 51.4 Å². The zero-order chi connectivity index (χ0) is 15.4. The smallest absolute Gasteiger partial charge is 0.0766 e. The third-order valence-corrected chi connectivity index (χ3v) is 5.65. The summed E-state index contributed by atoms with van der Waals surface area (Å²) in [6.45, 7) is 9.04. The second-order valence-corrected chi connectivity index (χ2v) is 7.68. The van der Waals surface area contributed by atoms with Gasteiger partial charge in [0.1, 0.15) is 0 Å². The number of hydrogen-bond acceptors (Lipinski definition) is 2. The minimum atomic E-state index is 0.739. The van der Waals surface area contributed by atoms with E-state index >= 15 is 0 Å². The summed E-state index contributed by atoms with van der Waals surface area (Å²) in [5.74, 6) is 2.37. The number of rotatable bonds is 7. The molecule has 4 heteroatoms. The lowest BCUT2D eigenvalue weighted by atomic mass is 9.91. The monoisotopic (exact) mass is 355 g/mol. The van der Waals surface area contributed by atoms with Gasteiger partial charge in [0.05, 0.1) is 15.9 Å². The van der Waals surface area contributed by atoms with Gasteiger partial charge in [0.25, 0.3) is 0 Å². The highest BCUT2D eigenvalue weighted by molar-refractivity contribution is 9.10. The number of nitrogens with zero attached hydrogens (tertiary/aromatic N) is 2. The van der Waals surface area contributed by atoms with Gasteiger partial charge in [-0.1, -0.05) is 27.2 Å². The van der Waals surface area contributed by atoms with Crippen LogP contribution in [0.5, 0.6) is 0 Å². The van der Waals surface area contributed by atoms with Gasteiger partial charge >= 0.3 is 0 Å². The van der Waals surface area contributed by atoms with E-state index in [1.807, 2.05) is 0 Å². The third-order valence-electron chi connectivity index (χ3n) is 4.73. The maximum Gasteiger partial charge on any atom is 0.0766 e. The summed E-state index contributed by atoms with van der Waals surface area (Å²) in [5.41, 5.74) is 2.58. The Kier molecular flexibility index (Phi) is 6.30. The van der Waals surface area contributed by atoms with Crippen LogP contribution in [0.25, 0.3) is 0 Å². The van der Waals surface area contributed by atoms with E-state index < -0.39 is 0 Å². The van der Waals surface area contributed by atoms with Crippen molar-refractivity contribution < 1.29 is 0 Å². The lowest BCUT2D eigenvalue weighted by molar-refractivity contribution is 0.351. The molecule has 2 atom stereocenters. The molecule has 0 amide bonds. The van der Waals surface area contributed by atoms with E-state index in [1.165, 1.54) is 41.7 Å². The van der Waals surface area contributed by atoms with Gasteiger partial charge in [-0.05, 0) is 72.5 Å². The molecule has 2 rings (SSSR count). The molecule has 1 heterocycles. The number of halogens is 1. The SMILES string of the molecule is CCc1nn(C)c(CC2CCCC2CNCC(C)C)c1Br.